The van der Waals surface area contributed by atoms with Crippen LogP contribution in [0.1, 0.15) is 27.9 Å². The molecule has 0 spiro atoms. The standard InChI is InChI=1S/C17H22N4O3S/c1-19(11-13-10-18-20(2)12-13)17(22)15-6-7-16-14(9-15)5-4-8-21(16)25(3,23)24/h6-7,9-10,12H,4-5,8,11H2,1-3H3. The largest absolute Gasteiger partial charge is 0.337 e. The molecule has 0 unspecified atom stereocenters. The smallest absolute Gasteiger partial charge is 0.253 e. The maximum atomic E-state index is 12.7. The number of fused-ring (bicyclic) bond motifs is 1. The third-order valence-corrected chi connectivity index (χ3v) is 5.51. The molecule has 0 atom stereocenters. The van der Waals surface area contributed by atoms with E-state index in [-0.39, 0.29) is 5.91 Å². The van der Waals surface area contributed by atoms with Crippen LogP contribution < -0.4 is 4.31 Å². The minimum Gasteiger partial charge on any atom is -0.337 e. The maximum Gasteiger partial charge on any atom is 0.253 e. The number of nitrogens with zero attached hydrogens (tertiary/aromatic N) is 4. The van der Waals surface area contributed by atoms with E-state index in [1.807, 2.05) is 19.3 Å². The van der Waals surface area contributed by atoms with Crippen molar-refractivity contribution in [2.24, 2.45) is 7.05 Å². The second-order valence-electron chi connectivity index (χ2n) is 6.47. The van der Waals surface area contributed by atoms with E-state index in [0.29, 0.717) is 24.3 Å². The van der Waals surface area contributed by atoms with E-state index in [9.17, 15) is 13.2 Å². The number of carbonyl (C=O) groups is 1. The topological polar surface area (TPSA) is 75.5 Å². The predicted octanol–water partition coefficient (Wildman–Crippen LogP) is 1.40. The van der Waals surface area contributed by atoms with E-state index in [4.69, 9.17) is 0 Å². The molecular formula is C17H22N4O3S. The van der Waals surface area contributed by atoms with Crippen molar-refractivity contribution < 1.29 is 13.2 Å². The van der Waals surface area contributed by atoms with Crippen LogP contribution in [-0.2, 0) is 30.0 Å². The van der Waals surface area contributed by atoms with Gasteiger partial charge in [0.25, 0.3) is 5.91 Å². The van der Waals surface area contributed by atoms with Crippen molar-refractivity contribution in [1.82, 2.24) is 14.7 Å². The quantitative estimate of drug-likeness (QED) is 0.824. The van der Waals surface area contributed by atoms with Gasteiger partial charge in [-0.15, -0.1) is 0 Å². The fourth-order valence-electron chi connectivity index (χ4n) is 3.16. The Morgan fingerprint density at radius 3 is 2.76 bits per heavy atom. The Morgan fingerprint density at radius 2 is 2.12 bits per heavy atom. The lowest BCUT2D eigenvalue weighted by atomic mass is 10.0. The van der Waals surface area contributed by atoms with Gasteiger partial charge in [0.1, 0.15) is 0 Å². The average molecular weight is 362 g/mol. The minimum atomic E-state index is -3.30. The molecular weight excluding hydrogens is 340 g/mol. The molecule has 1 amide bonds. The Balaban J connectivity index is 1.82. The third kappa shape index (κ3) is 3.68. The molecule has 25 heavy (non-hydrogen) atoms. The highest BCUT2D eigenvalue weighted by atomic mass is 32.2. The van der Waals surface area contributed by atoms with Crippen molar-refractivity contribution >= 4 is 21.6 Å². The number of benzene rings is 1. The highest BCUT2D eigenvalue weighted by molar-refractivity contribution is 7.92. The highest BCUT2D eigenvalue weighted by Crippen LogP contribution is 2.30. The second-order valence-corrected chi connectivity index (χ2v) is 8.37. The number of hydrogen-bond acceptors (Lipinski definition) is 4. The number of carbonyl (C=O) groups excluding carboxylic acids is 1. The fraction of sp³-hybridized carbons (Fsp3) is 0.412. The number of rotatable bonds is 4. The zero-order valence-electron chi connectivity index (χ0n) is 14.6. The highest BCUT2D eigenvalue weighted by Gasteiger charge is 2.25. The number of amides is 1. The molecule has 134 valence electrons. The summed E-state index contributed by atoms with van der Waals surface area (Å²) in [6.45, 7) is 0.958. The molecule has 0 fully saturated rings. The van der Waals surface area contributed by atoms with Crippen LogP contribution in [0.3, 0.4) is 0 Å². The summed E-state index contributed by atoms with van der Waals surface area (Å²) in [7, 11) is 0.285. The summed E-state index contributed by atoms with van der Waals surface area (Å²) in [5, 5.41) is 4.11. The summed E-state index contributed by atoms with van der Waals surface area (Å²) in [6, 6.07) is 5.25. The molecule has 7 nitrogen and oxygen atoms in total. The molecule has 0 aliphatic carbocycles. The number of anilines is 1. The summed E-state index contributed by atoms with van der Waals surface area (Å²) < 4.78 is 27.0. The van der Waals surface area contributed by atoms with E-state index in [1.165, 1.54) is 10.6 Å². The molecule has 8 heteroatoms. The van der Waals surface area contributed by atoms with Gasteiger partial charge >= 0.3 is 0 Å². The maximum absolute atomic E-state index is 12.7. The van der Waals surface area contributed by atoms with Gasteiger partial charge < -0.3 is 4.90 Å². The van der Waals surface area contributed by atoms with Gasteiger partial charge in [-0.3, -0.25) is 13.8 Å². The first-order chi connectivity index (χ1) is 11.8. The van der Waals surface area contributed by atoms with Gasteiger partial charge in [0, 0.05) is 44.5 Å². The monoisotopic (exact) mass is 362 g/mol. The average Bonchev–Trinajstić information content (AvgIpc) is 2.97. The Hall–Kier alpha value is -2.35. The van der Waals surface area contributed by atoms with Gasteiger partial charge in [-0.1, -0.05) is 0 Å². The summed E-state index contributed by atoms with van der Waals surface area (Å²) in [5.74, 6) is -0.0943. The fourth-order valence-corrected chi connectivity index (χ4v) is 4.16. The van der Waals surface area contributed by atoms with Crippen LogP contribution in [0, 0.1) is 0 Å². The molecule has 1 aromatic heterocycles. The first kappa shape index (κ1) is 17.5. The van der Waals surface area contributed by atoms with E-state index >= 15 is 0 Å². The van der Waals surface area contributed by atoms with Crippen molar-refractivity contribution in [3.63, 3.8) is 0 Å². The van der Waals surface area contributed by atoms with Crippen molar-refractivity contribution in [2.75, 3.05) is 24.2 Å². The zero-order chi connectivity index (χ0) is 18.2. The zero-order valence-corrected chi connectivity index (χ0v) is 15.5. The molecule has 3 rings (SSSR count). The first-order valence-corrected chi connectivity index (χ1v) is 9.94. The Bertz CT molecular complexity index is 904. The molecule has 2 heterocycles. The van der Waals surface area contributed by atoms with Gasteiger partial charge in [-0.25, -0.2) is 8.42 Å². The molecule has 0 bridgehead atoms. The van der Waals surface area contributed by atoms with Crippen LogP contribution in [0.4, 0.5) is 5.69 Å². The minimum absolute atomic E-state index is 0.0943. The van der Waals surface area contributed by atoms with Gasteiger partial charge in [0.2, 0.25) is 10.0 Å². The first-order valence-electron chi connectivity index (χ1n) is 8.09. The second kappa shape index (κ2) is 6.51. The Morgan fingerprint density at radius 1 is 1.36 bits per heavy atom. The van der Waals surface area contributed by atoms with E-state index < -0.39 is 10.0 Å². The van der Waals surface area contributed by atoms with E-state index in [0.717, 1.165) is 24.0 Å². The van der Waals surface area contributed by atoms with E-state index in [1.54, 1.807) is 35.0 Å². The predicted molar refractivity (Wildman–Crippen MR) is 96.0 cm³/mol. The molecule has 0 saturated carbocycles. The van der Waals surface area contributed by atoms with Crippen molar-refractivity contribution in [2.45, 2.75) is 19.4 Å². The van der Waals surface area contributed by atoms with Crippen LogP contribution >= 0.6 is 0 Å². The molecule has 0 radical (unpaired) electrons. The summed E-state index contributed by atoms with van der Waals surface area (Å²) >= 11 is 0. The normalized spacial score (nSPS) is 14.3. The van der Waals surface area contributed by atoms with Crippen LogP contribution in [0.2, 0.25) is 0 Å². The number of aromatic nitrogens is 2. The van der Waals surface area contributed by atoms with Crippen molar-refractivity contribution in [3.05, 3.63) is 47.3 Å². The van der Waals surface area contributed by atoms with Gasteiger partial charge in [-0.05, 0) is 36.6 Å². The number of hydrogen-bond donors (Lipinski definition) is 0. The van der Waals surface area contributed by atoms with Gasteiger partial charge in [-0.2, -0.15) is 5.10 Å². The molecule has 1 aliphatic rings. The van der Waals surface area contributed by atoms with Gasteiger partial charge in [0.15, 0.2) is 0 Å². The van der Waals surface area contributed by atoms with Crippen LogP contribution in [-0.4, -0.2) is 48.9 Å². The number of sulfonamides is 1. The summed E-state index contributed by atoms with van der Waals surface area (Å²) in [6.07, 6.45) is 6.35. The number of aryl methyl sites for hydroxylation is 2. The van der Waals surface area contributed by atoms with Crippen LogP contribution in [0.15, 0.2) is 30.6 Å². The lowest BCUT2D eigenvalue weighted by Gasteiger charge is -2.29. The Kier molecular flexibility index (Phi) is 4.55. The lowest BCUT2D eigenvalue weighted by Crippen LogP contribution is -2.34. The van der Waals surface area contributed by atoms with Crippen molar-refractivity contribution in [3.8, 4) is 0 Å². The molecule has 0 N–H and O–H groups in total. The summed E-state index contributed by atoms with van der Waals surface area (Å²) in [4.78, 5) is 14.3. The molecule has 1 aromatic carbocycles. The Labute approximate surface area is 147 Å². The van der Waals surface area contributed by atoms with Gasteiger partial charge in [0.05, 0.1) is 18.1 Å². The van der Waals surface area contributed by atoms with Crippen molar-refractivity contribution in [1.29, 1.82) is 0 Å². The SMILES string of the molecule is CN(Cc1cnn(C)c1)C(=O)c1ccc2c(c1)CCCN2S(C)(=O)=O. The van der Waals surface area contributed by atoms with Crippen LogP contribution in [0.25, 0.3) is 0 Å². The molecule has 1 aliphatic heterocycles. The third-order valence-electron chi connectivity index (χ3n) is 4.33. The molecule has 2 aromatic rings. The molecule has 0 saturated heterocycles. The lowest BCUT2D eigenvalue weighted by molar-refractivity contribution is 0.0785. The van der Waals surface area contributed by atoms with E-state index in [2.05, 4.69) is 5.10 Å². The van der Waals surface area contributed by atoms with Crippen LogP contribution in [0.5, 0.6) is 0 Å². The summed E-state index contributed by atoms with van der Waals surface area (Å²) in [5.41, 5.74) is 3.11.